The minimum absolute atomic E-state index is 0.000108. The summed E-state index contributed by atoms with van der Waals surface area (Å²) in [5.41, 5.74) is -0.624. The summed E-state index contributed by atoms with van der Waals surface area (Å²) in [6, 6.07) is 3.97. The Morgan fingerprint density at radius 2 is 2.00 bits per heavy atom. The molecule has 0 aliphatic heterocycles. The molecule has 2 rings (SSSR count). The highest BCUT2D eigenvalue weighted by Crippen LogP contribution is 2.36. The molecular formula is C15H11Cl2FN2O4. The van der Waals surface area contributed by atoms with Crippen LogP contribution in [0.15, 0.2) is 18.2 Å². The Labute approximate surface area is 146 Å². The average molecular weight is 373 g/mol. The molecule has 1 aromatic heterocycles. The van der Waals surface area contributed by atoms with Gasteiger partial charge >= 0.3 is 5.97 Å². The summed E-state index contributed by atoms with van der Waals surface area (Å²) in [4.78, 5) is 26.4. The van der Waals surface area contributed by atoms with Gasteiger partial charge in [0.15, 0.2) is 17.3 Å². The summed E-state index contributed by atoms with van der Waals surface area (Å²) >= 11 is 11.8. The van der Waals surface area contributed by atoms with E-state index in [1.54, 1.807) is 0 Å². The first kappa shape index (κ1) is 18.0. The molecule has 0 aliphatic rings. The first-order valence-electron chi connectivity index (χ1n) is 6.50. The fourth-order valence-corrected chi connectivity index (χ4v) is 2.46. The van der Waals surface area contributed by atoms with Gasteiger partial charge in [-0.05, 0) is 18.2 Å². The molecule has 0 saturated carbocycles. The van der Waals surface area contributed by atoms with E-state index in [1.165, 1.54) is 32.2 Å². The van der Waals surface area contributed by atoms with Gasteiger partial charge in [0, 0.05) is 12.5 Å². The predicted molar refractivity (Wildman–Crippen MR) is 87.5 cm³/mol. The van der Waals surface area contributed by atoms with E-state index in [9.17, 15) is 19.1 Å². The molecule has 0 unspecified atom stereocenters. The van der Waals surface area contributed by atoms with Crippen LogP contribution in [0.3, 0.4) is 0 Å². The number of aromatic carboxylic acids is 1. The van der Waals surface area contributed by atoms with Crippen LogP contribution in [-0.2, 0) is 4.79 Å². The molecule has 0 radical (unpaired) electrons. The van der Waals surface area contributed by atoms with Crippen molar-refractivity contribution in [2.75, 3.05) is 12.4 Å². The van der Waals surface area contributed by atoms with Crippen molar-refractivity contribution in [3.63, 3.8) is 0 Å². The van der Waals surface area contributed by atoms with Crippen molar-refractivity contribution in [3.8, 4) is 17.0 Å². The summed E-state index contributed by atoms with van der Waals surface area (Å²) < 4.78 is 19.4. The van der Waals surface area contributed by atoms with Crippen LogP contribution in [0.1, 0.15) is 17.4 Å². The maximum absolute atomic E-state index is 14.5. The number of carboxylic acid groups (broad SMARTS) is 1. The second kappa shape index (κ2) is 7.02. The first-order valence-corrected chi connectivity index (χ1v) is 7.25. The van der Waals surface area contributed by atoms with Crippen molar-refractivity contribution >= 4 is 40.8 Å². The summed E-state index contributed by atoms with van der Waals surface area (Å²) in [6.45, 7) is 1.22. The lowest BCUT2D eigenvalue weighted by Crippen LogP contribution is -2.11. The normalized spacial score (nSPS) is 10.4. The molecular weight excluding hydrogens is 362 g/mol. The largest absolute Gasteiger partial charge is 0.492 e. The van der Waals surface area contributed by atoms with Crippen LogP contribution in [0.2, 0.25) is 10.0 Å². The SMILES string of the molecule is COc1c(Cl)ccc(-c2cc(NC(C)=O)c(Cl)c(C(=O)O)n2)c1F. The molecule has 2 N–H and O–H groups in total. The van der Waals surface area contributed by atoms with Crippen LogP contribution in [0, 0.1) is 5.82 Å². The number of aromatic nitrogens is 1. The Morgan fingerprint density at radius 1 is 1.33 bits per heavy atom. The highest BCUT2D eigenvalue weighted by molar-refractivity contribution is 6.36. The minimum atomic E-state index is -1.42. The smallest absolute Gasteiger partial charge is 0.356 e. The van der Waals surface area contributed by atoms with E-state index in [4.69, 9.17) is 27.9 Å². The molecule has 2 aromatic rings. The Balaban J connectivity index is 2.73. The van der Waals surface area contributed by atoms with Crippen molar-refractivity contribution in [3.05, 3.63) is 39.8 Å². The van der Waals surface area contributed by atoms with Gasteiger partial charge < -0.3 is 15.2 Å². The number of amides is 1. The highest BCUT2D eigenvalue weighted by Gasteiger charge is 2.21. The van der Waals surface area contributed by atoms with E-state index in [-0.39, 0.29) is 32.7 Å². The number of benzene rings is 1. The number of nitrogens with zero attached hydrogens (tertiary/aromatic N) is 1. The molecule has 1 aromatic carbocycles. The number of hydrogen-bond acceptors (Lipinski definition) is 4. The minimum Gasteiger partial charge on any atom is -0.492 e. The molecule has 0 aliphatic carbocycles. The van der Waals surface area contributed by atoms with Crippen LogP contribution in [-0.4, -0.2) is 29.1 Å². The average Bonchev–Trinajstić information content (AvgIpc) is 2.49. The van der Waals surface area contributed by atoms with Crippen molar-refractivity contribution in [1.29, 1.82) is 0 Å². The molecule has 0 bridgehead atoms. The topological polar surface area (TPSA) is 88.5 Å². The van der Waals surface area contributed by atoms with Crippen LogP contribution >= 0.6 is 23.2 Å². The number of hydrogen-bond donors (Lipinski definition) is 2. The lowest BCUT2D eigenvalue weighted by Gasteiger charge is -2.13. The zero-order valence-electron chi connectivity index (χ0n) is 12.5. The zero-order chi connectivity index (χ0) is 18.0. The number of halogens is 3. The van der Waals surface area contributed by atoms with Gasteiger partial charge in [0.25, 0.3) is 0 Å². The summed E-state index contributed by atoms with van der Waals surface area (Å²) in [7, 11) is 1.24. The second-order valence-electron chi connectivity index (χ2n) is 4.65. The van der Waals surface area contributed by atoms with Crippen molar-refractivity contribution in [2.45, 2.75) is 6.92 Å². The summed E-state index contributed by atoms with van der Waals surface area (Å²) in [5.74, 6) is -2.91. The van der Waals surface area contributed by atoms with E-state index in [0.29, 0.717) is 0 Å². The van der Waals surface area contributed by atoms with Gasteiger partial charge in [-0.25, -0.2) is 14.2 Å². The zero-order valence-corrected chi connectivity index (χ0v) is 14.0. The number of nitrogens with one attached hydrogen (secondary N) is 1. The molecule has 126 valence electrons. The van der Waals surface area contributed by atoms with Gasteiger partial charge in [-0.3, -0.25) is 4.79 Å². The van der Waals surface area contributed by atoms with Crippen LogP contribution < -0.4 is 10.1 Å². The predicted octanol–water partition coefficient (Wildman–Crippen LogP) is 3.86. The van der Waals surface area contributed by atoms with Gasteiger partial charge in [0.05, 0.1) is 28.5 Å². The fourth-order valence-electron chi connectivity index (χ4n) is 2.01. The maximum atomic E-state index is 14.5. The van der Waals surface area contributed by atoms with E-state index in [1.807, 2.05) is 0 Å². The number of anilines is 1. The molecule has 1 amide bonds. The van der Waals surface area contributed by atoms with E-state index >= 15 is 0 Å². The number of rotatable bonds is 4. The third kappa shape index (κ3) is 3.42. The Bertz CT molecular complexity index is 843. The van der Waals surface area contributed by atoms with Crippen molar-refractivity contribution in [2.24, 2.45) is 0 Å². The fraction of sp³-hybridized carbons (Fsp3) is 0.133. The van der Waals surface area contributed by atoms with Crippen LogP contribution in [0.5, 0.6) is 5.75 Å². The van der Waals surface area contributed by atoms with Crippen molar-refractivity contribution < 1.29 is 23.8 Å². The standard InChI is InChI=1S/C15H11Cl2FN2O4/c1-6(21)19-10-5-9(20-13(11(10)17)15(22)23)7-3-4-8(16)14(24-2)12(7)18/h3-5H,1-2H3,(H,22,23)(H,19,20,21). The Hall–Kier alpha value is -2.38. The third-order valence-corrected chi connectivity index (χ3v) is 3.68. The van der Waals surface area contributed by atoms with Gasteiger partial charge in [0.2, 0.25) is 5.91 Å². The summed E-state index contributed by atoms with van der Waals surface area (Å²) in [6.07, 6.45) is 0. The van der Waals surface area contributed by atoms with Crippen molar-refractivity contribution in [1.82, 2.24) is 4.98 Å². The molecule has 24 heavy (non-hydrogen) atoms. The first-order chi connectivity index (χ1) is 11.3. The van der Waals surface area contributed by atoms with Gasteiger partial charge in [-0.15, -0.1) is 0 Å². The quantitative estimate of drug-likeness (QED) is 0.850. The molecule has 1 heterocycles. The molecule has 9 heteroatoms. The van der Waals surface area contributed by atoms with E-state index < -0.39 is 23.4 Å². The lowest BCUT2D eigenvalue weighted by molar-refractivity contribution is -0.114. The van der Waals surface area contributed by atoms with Crippen LogP contribution in [0.25, 0.3) is 11.3 Å². The number of carbonyl (C=O) groups excluding carboxylic acids is 1. The molecule has 0 fully saturated rings. The highest BCUT2D eigenvalue weighted by atomic mass is 35.5. The van der Waals surface area contributed by atoms with Gasteiger partial charge in [-0.1, -0.05) is 23.2 Å². The molecule has 0 saturated heterocycles. The maximum Gasteiger partial charge on any atom is 0.356 e. The third-order valence-electron chi connectivity index (χ3n) is 3.00. The second-order valence-corrected chi connectivity index (χ2v) is 5.43. The van der Waals surface area contributed by atoms with Gasteiger partial charge in [0.1, 0.15) is 0 Å². The molecule has 0 atom stereocenters. The lowest BCUT2D eigenvalue weighted by atomic mass is 10.1. The Morgan fingerprint density at radius 3 is 2.54 bits per heavy atom. The summed E-state index contributed by atoms with van der Waals surface area (Å²) in [5, 5.41) is 11.4. The number of pyridine rings is 1. The number of methoxy groups -OCH3 is 1. The van der Waals surface area contributed by atoms with E-state index in [0.717, 1.165) is 0 Å². The number of ether oxygens (including phenoxy) is 1. The molecule has 6 nitrogen and oxygen atoms in total. The van der Waals surface area contributed by atoms with E-state index in [2.05, 4.69) is 10.3 Å². The monoisotopic (exact) mass is 372 g/mol. The number of carboxylic acids is 1. The van der Waals surface area contributed by atoms with Gasteiger partial charge in [-0.2, -0.15) is 0 Å². The number of carbonyl (C=O) groups is 2. The van der Waals surface area contributed by atoms with Crippen LogP contribution in [0.4, 0.5) is 10.1 Å². The molecule has 0 spiro atoms. The Kier molecular flexibility index (Phi) is 5.26.